The average Bonchev–Trinajstić information content (AvgIpc) is 3.00. The lowest BCUT2D eigenvalue weighted by molar-refractivity contribution is -0.386. The maximum Gasteiger partial charge on any atom is 0.313 e. The molecule has 1 aromatic heterocycles. The summed E-state index contributed by atoms with van der Waals surface area (Å²) in [4.78, 5) is 36.3. The number of halogens is 2. The minimum absolute atomic E-state index is 0.0405. The van der Waals surface area contributed by atoms with Crippen molar-refractivity contribution in [3.8, 4) is 5.75 Å². The first-order valence-corrected chi connectivity index (χ1v) is 14.2. The third kappa shape index (κ3) is 7.42. The number of carbonyl (C=O) groups is 1. The van der Waals surface area contributed by atoms with E-state index in [-0.39, 0.29) is 23.6 Å². The molecule has 1 unspecified atom stereocenters. The Morgan fingerprint density at radius 3 is 2.51 bits per heavy atom. The third-order valence-corrected chi connectivity index (χ3v) is 7.75. The number of hydrogen-bond acceptors (Lipinski definition) is 9. The standard InChI is InChI=1S/C30H31Cl2N5O6/c1-30(2,29(39)42-3)26(33-13-6-14-34-27-20-7-4-5-8-21(20)28(38)36-35-27)19-10-12-25(24(16-19)37(40)41)43-17-18-9-11-22(31)23(32)15-18/h4-5,7-12,15-16,26,33H,6,13-14,17H2,1-3H3,(H,34,35)(H,36,38). The molecule has 226 valence electrons. The summed E-state index contributed by atoms with van der Waals surface area (Å²) in [5, 5.41) is 27.2. The van der Waals surface area contributed by atoms with Gasteiger partial charge in [-0.3, -0.25) is 19.7 Å². The van der Waals surface area contributed by atoms with Crippen LogP contribution in [0.4, 0.5) is 11.5 Å². The smallest absolute Gasteiger partial charge is 0.313 e. The highest BCUT2D eigenvalue weighted by atomic mass is 35.5. The van der Waals surface area contributed by atoms with Crippen LogP contribution in [-0.4, -0.2) is 41.3 Å². The second-order valence-electron chi connectivity index (χ2n) is 10.3. The molecule has 11 nitrogen and oxygen atoms in total. The fraction of sp³-hybridized carbons (Fsp3) is 0.300. The molecule has 0 spiro atoms. The van der Waals surface area contributed by atoms with E-state index in [2.05, 4.69) is 20.8 Å². The van der Waals surface area contributed by atoms with E-state index in [9.17, 15) is 19.7 Å². The molecule has 0 fully saturated rings. The maximum absolute atomic E-state index is 12.8. The van der Waals surface area contributed by atoms with E-state index in [4.69, 9.17) is 32.7 Å². The Balaban J connectivity index is 1.49. The highest BCUT2D eigenvalue weighted by Crippen LogP contribution is 2.39. The van der Waals surface area contributed by atoms with Crippen molar-refractivity contribution in [2.45, 2.75) is 32.9 Å². The molecule has 0 amide bonds. The molecule has 0 aliphatic carbocycles. The van der Waals surface area contributed by atoms with Crippen LogP contribution in [0.3, 0.4) is 0 Å². The summed E-state index contributed by atoms with van der Waals surface area (Å²) < 4.78 is 10.8. The second kappa shape index (κ2) is 13.9. The van der Waals surface area contributed by atoms with Crippen molar-refractivity contribution in [2.24, 2.45) is 5.41 Å². The summed E-state index contributed by atoms with van der Waals surface area (Å²) in [7, 11) is 1.30. The number of esters is 1. The zero-order valence-electron chi connectivity index (χ0n) is 23.8. The van der Waals surface area contributed by atoms with Gasteiger partial charge >= 0.3 is 11.7 Å². The first kappa shape index (κ1) is 31.7. The minimum Gasteiger partial charge on any atom is -0.482 e. The number of carbonyl (C=O) groups excluding carboxylic acids is 1. The molecule has 0 radical (unpaired) electrons. The number of nitrogens with one attached hydrogen (secondary N) is 3. The monoisotopic (exact) mass is 627 g/mol. The molecule has 1 heterocycles. The number of fused-ring (bicyclic) bond motifs is 1. The van der Waals surface area contributed by atoms with Crippen LogP contribution < -0.4 is 20.9 Å². The van der Waals surface area contributed by atoms with Crippen LogP contribution in [0, 0.1) is 15.5 Å². The molecule has 43 heavy (non-hydrogen) atoms. The van der Waals surface area contributed by atoms with Crippen LogP contribution >= 0.6 is 23.2 Å². The molecule has 1 atom stereocenters. The first-order valence-electron chi connectivity index (χ1n) is 13.4. The van der Waals surface area contributed by atoms with Gasteiger partial charge in [-0.15, -0.1) is 0 Å². The van der Waals surface area contributed by atoms with E-state index in [1.54, 1.807) is 50.2 Å². The molecule has 3 N–H and O–H groups in total. The zero-order chi connectivity index (χ0) is 31.1. The van der Waals surface area contributed by atoms with Crippen molar-refractivity contribution in [1.29, 1.82) is 0 Å². The molecule has 4 rings (SSSR count). The van der Waals surface area contributed by atoms with Crippen LogP contribution in [0.25, 0.3) is 10.8 Å². The lowest BCUT2D eigenvalue weighted by Gasteiger charge is -2.33. The number of nitro groups is 1. The molecule has 3 aromatic carbocycles. The number of nitrogens with zero attached hydrogens (tertiary/aromatic N) is 2. The molecule has 0 bridgehead atoms. The average molecular weight is 629 g/mol. The van der Waals surface area contributed by atoms with Gasteiger partial charge in [-0.2, -0.15) is 5.10 Å². The SMILES string of the molecule is COC(=O)C(C)(C)C(NCCCNc1n[nH]c(=O)c2ccccc12)c1ccc(OCc2ccc(Cl)c(Cl)c2)c([N+](=O)[O-])c1. The number of H-pyrrole nitrogens is 1. The van der Waals surface area contributed by atoms with Crippen LogP contribution in [0.5, 0.6) is 5.75 Å². The molecular formula is C30H31Cl2N5O6. The number of rotatable bonds is 13. The van der Waals surface area contributed by atoms with Crippen LogP contribution in [0.2, 0.25) is 10.0 Å². The van der Waals surface area contributed by atoms with Gasteiger partial charge in [-0.1, -0.05) is 53.5 Å². The topological polar surface area (TPSA) is 148 Å². The van der Waals surface area contributed by atoms with Gasteiger partial charge in [0.1, 0.15) is 6.61 Å². The Kier molecular flexibility index (Phi) is 10.2. The zero-order valence-corrected chi connectivity index (χ0v) is 25.3. The third-order valence-electron chi connectivity index (χ3n) is 7.02. The summed E-state index contributed by atoms with van der Waals surface area (Å²) in [5.74, 6) is 0.141. The largest absolute Gasteiger partial charge is 0.482 e. The van der Waals surface area contributed by atoms with Crippen LogP contribution in [0.1, 0.15) is 37.4 Å². The summed E-state index contributed by atoms with van der Waals surface area (Å²) >= 11 is 12.0. The van der Waals surface area contributed by atoms with Gasteiger partial charge in [-0.25, -0.2) is 5.10 Å². The fourth-order valence-corrected chi connectivity index (χ4v) is 5.05. The maximum atomic E-state index is 12.8. The molecule has 4 aromatic rings. The molecule has 0 saturated carbocycles. The van der Waals surface area contributed by atoms with Crippen molar-refractivity contribution in [3.63, 3.8) is 0 Å². The van der Waals surface area contributed by atoms with E-state index in [1.165, 1.54) is 19.2 Å². The quantitative estimate of drug-likeness (QED) is 0.0697. The van der Waals surface area contributed by atoms with Gasteiger partial charge in [0.25, 0.3) is 5.56 Å². The van der Waals surface area contributed by atoms with E-state index >= 15 is 0 Å². The Labute approximate surface area is 257 Å². The lowest BCUT2D eigenvalue weighted by Crippen LogP contribution is -2.41. The van der Waals surface area contributed by atoms with E-state index < -0.39 is 22.3 Å². The number of hydrogen-bond donors (Lipinski definition) is 3. The lowest BCUT2D eigenvalue weighted by atomic mass is 9.80. The predicted octanol–water partition coefficient (Wildman–Crippen LogP) is 6.05. The molecule has 13 heteroatoms. The van der Waals surface area contributed by atoms with Gasteiger partial charge in [0.2, 0.25) is 0 Å². The van der Waals surface area contributed by atoms with Crippen LogP contribution in [-0.2, 0) is 16.1 Å². The Bertz CT molecular complexity index is 1690. The predicted molar refractivity (Wildman–Crippen MR) is 166 cm³/mol. The second-order valence-corrected chi connectivity index (χ2v) is 11.2. The summed E-state index contributed by atoms with van der Waals surface area (Å²) in [5.41, 5.74) is -0.379. The summed E-state index contributed by atoms with van der Waals surface area (Å²) in [6.07, 6.45) is 0.607. The van der Waals surface area contributed by atoms with E-state index in [0.717, 1.165) is 0 Å². The number of ether oxygens (including phenoxy) is 2. The van der Waals surface area contributed by atoms with Gasteiger partial charge in [0.15, 0.2) is 11.6 Å². The Morgan fingerprint density at radius 1 is 1.07 bits per heavy atom. The summed E-state index contributed by atoms with van der Waals surface area (Å²) in [6.45, 7) is 4.42. The fourth-order valence-electron chi connectivity index (χ4n) is 4.73. The molecule has 0 aliphatic rings. The highest BCUT2D eigenvalue weighted by molar-refractivity contribution is 6.42. The Hall–Kier alpha value is -4.19. The van der Waals surface area contributed by atoms with Crippen LogP contribution in [0.15, 0.2) is 65.5 Å². The van der Waals surface area contributed by atoms with Crippen molar-refractivity contribution in [1.82, 2.24) is 15.5 Å². The molecule has 0 aliphatic heterocycles. The van der Waals surface area contributed by atoms with E-state index in [0.29, 0.717) is 57.3 Å². The first-order chi connectivity index (χ1) is 20.5. The number of benzene rings is 3. The van der Waals surface area contributed by atoms with Crippen molar-refractivity contribution >= 4 is 51.4 Å². The number of aromatic amines is 1. The van der Waals surface area contributed by atoms with Gasteiger partial charge in [-0.05, 0) is 62.2 Å². The van der Waals surface area contributed by atoms with Gasteiger partial charge in [0, 0.05) is 24.0 Å². The minimum atomic E-state index is -1.07. The summed E-state index contributed by atoms with van der Waals surface area (Å²) in [6, 6.07) is 16.1. The van der Waals surface area contributed by atoms with Crippen molar-refractivity contribution < 1.29 is 19.2 Å². The van der Waals surface area contributed by atoms with Crippen molar-refractivity contribution in [2.75, 3.05) is 25.5 Å². The number of anilines is 1. The molecular weight excluding hydrogens is 597 g/mol. The highest BCUT2D eigenvalue weighted by Gasteiger charge is 2.39. The molecule has 0 saturated heterocycles. The number of methoxy groups -OCH3 is 1. The number of aromatic nitrogens is 2. The van der Waals surface area contributed by atoms with Gasteiger partial charge < -0.3 is 20.1 Å². The number of nitro benzene ring substituents is 1. The van der Waals surface area contributed by atoms with Gasteiger partial charge in [0.05, 0.1) is 32.9 Å². The normalized spacial score (nSPS) is 12.1. The Morgan fingerprint density at radius 2 is 1.81 bits per heavy atom. The van der Waals surface area contributed by atoms with Crippen molar-refractivity contribution in [3.05, 3.63) is 102 Å². The van der Waals surface area contributed by atoms with E-state index in [1.807, 2.05) is 12.1 Å².